The minimum Gasteiger partial charge on any atom is -0.378 e. The summed E-state index contributed by atoms with van der Waals surface area (Å²) in [6.07, 6.45) is 2.18. The first kappa shape index (κ1) is 20.8. The minimum absolute atomic E-state index is 0.0596. The van der Waals surface area contributed by atoms with Crippen molar-refractivity contribution in [1.82, 2.24) is 0 Å². The minimum atomic E-state index is -3.68. The summed E-state index contributed by atoms with van der Waals surface area (Å²) in [5.41, 5.74) is 2.09. The summed E-state index contributed by atoms with van der Waals surface area (Å²) in [6.45, 7) is 7.17. The van der Waals surface area contributed by atoms with E-state index in [0.717, 1.165) is 52.3 Å². The highest BCUT2D eigenvalue weighted by molar-refractivity contribution is 7.93. The van der Waals surface area contributed by atoms with E-state index in [9.17, 15) is 8.42 Å². The van der Waals surface area contributed by atoms with Crippen molar-refractivity contribution < 1.29 is 13.2 Å². The highest BCUT2D eigenvalue weighted by Crippen LogP contribution is 2.45. The fourth-order valence-corrected chi connectivity index (χ4v) is 7.70. The van der Waals surface area contributed by atoms with Gasteiger partial charge in [0.2, 0.25) is 0 Å². The van der Waals surface area contributed by atoms with Gasteiger partial charge in [-0.15, -0.1) is 11.3 Å². The van der Waals surface area contributed by atoms with Gasteiger partial charge in [-0.2, -0.15) is 0 Å². The first-order valence-corrected chi connectivity index (χ1v) is 13.2. The standard InChI is InChI=1S/C24H28N2O3S2/c1-17-22-5-3-4-6-23(22)30-24(17)26(18(2)19-7-8-19)31(27,28)21-11-9-20(10-12-21)25-13-15-29-16-14-25/h3-6,9-12,18-19H,7-8,13-16H2,1-2H3. The largest absolute Gasteiger partial charge is 0.378 e. The van der Waals surface area contributed by atoms with E-state index in [1.807, 2.05) is 31.2 Å². The van der Waals surface area contributed by atoms with Gasteiger partial charge in [-0.05, 0) is 73.9 Å². The van der Waals surface area contributed by atoms with Crippen LogP contribution in [-0.4, -0.2) is 40.8 Å². The molecule has 0 N–H and O–H groups in total. The molecule has 5 rings (SSSR count). The molecule has 2 aromatic carbocycles. The van der Waals surface area contributed by atoms with E-state index < -0.39 is 10.0 Å². The van der Waals surface area contributed by atoms with Gasteiger partial charge >= 0.3 is 0 Å². The quantitative estimate of drug-likeness (QED) is 0.521. The van der Waals surface area contributed by atoms with Crippen molar-refractivity contribution in [2.75, 3.05) is 35.5 Å². The maximum Gasteiger partial charge on any atom is 0.265 e. The topological polar surface area (TPSA) is 49.9 Å². The highest BCUT2D eigenvalue weighted by atomic mass is 32.2. The number of thiophene rings is 1. The zero-order valence-electron chi connectivity index (χ0n) is 18.0. The van der Waals surface area contributed by atoms with Gasteiger partial charge in [0, 0.05) is 29.5 Å². The van der Waals surface area contributed by atoms with Crippen LogP contribution in [0.4, 0.5) is 10.7 Å². The molecular weight excluding hydrogens is 428 g/mol. The van der Waals surface area contributed by atoms with E-state index in [2.05, 4.69) is 24.0 Å². The Morgan fingerprint density at radius 3 is 2.39 bits per heavy atom. The number of aryl methyl sites for hydroxylation is 1. The Bertz CT molecular complexity index is 1180. The number of anilines is 2. The lowest BCUT2D eigenvalue weighted by Crippen LogP contribution is -2.40. The zero-order valence-corrected chi connectivity index (χ0v) is 19.6. The second-order valence-corrected chi connectivity index (χ2v) is 11.3. The molecule has 1 saturated heterocycles. The predicted octanol–water partition coefficient (Wildman–Crippen LogP) is 5.04. The number of benzene rings is 2. The maximum absolute atomic E-state index is 13.9. The summed E-state index contributed by atoms with van der Waals surface area (Å²) in [7, 11) is -3.68. The molecule has 1 unspecified atom stereocenters. The Hall–Kier alpha value is -2.09. The van der Waals surface area contributed by atoms with Crippen LogP contribution in [-0.2, 0) is 14.8 Å². The molecule has 1 aliphatic heterocycles. The lowest BCUT2D eigenvalue weighted by Gasteiger charge is -2.31. The van der Waals surface area contributed by atoms with Gasteiger partial charge < -0.3 is 9.64 Å². The fourth-order valence-electron chi connectivity index (χ4n) is 4.42. The molecule has 5 nitrogen and oxygen atoms in total. The molecule has 1 aliphatic carbocycles. The first-order chi connectivity index (χ1) is 15.0. The van der Waals surface area contributed by atoms with Gasteiger partial charge in [0.25, 0.3) is 10.0 Å². The van der Waals surface area contributed by atoms with Gasteiger partial charge in [0.05, 0.1) is 18.1 Å². The number of hydrogen-bond donors (Lipinski definition) is 0. The summed E-state index contributed by atoms with van der Waals surface area (Å²) in [5, 5.41) is 1.98. The number of hydrogen-bond acceptors (Lipinski definition) is 5. The summed E-state index contributed by atoms with van der Waals surface area (Å²) < 4.78 is 36.1. The maximum atomic E-state index is 13.9. The van der Waals surface area contributed by atoms with Crippen LogP contribution in [0.2, 0.25) is 0 Å². The average Bonchev–Trinajstić information content (AvgIpc) is 3.60. The number of ether oxygens (including phenoxy) is 1. The fraction of sp³-hybridized carbons (Fsp3) is 0.417. The van der Waals surface area contributed by atoms with Gasteiger partial charge in [-0.1, -0.05) is 18.2 Å². The van der Waals surface area contributed by atoms with Crippen molar-refractivity contribution in [2.45, 2.75) is 37.6 Å². The van der Waals surface area contributed by atoms with Crippen molar-refractivity contribution in [1.29, 1.82) is 0 Å². The van der Waals surface area contributed by atoms with Crippen molar-refractivity contribution in [3.63, 3.8) is 0 Å². The number of morpholine rings is 1. The van der Waals surface area contributed by atoms with E-state index in [1.165, 1.54) is 0 Å². The molecule has 0 bridgehead atoms. The first-order valence-electron chi connectivity index (χ1n) is 10.9. The Balaban J connectivity index is 1.54. The van der Waals surface area contributed by atoms with E-state index in [0.29, 0.717) is 24.0 Å². The summed E-state index contributed by atoms with van der Waals surface area (Å²) in [5.74, 6) is 0.423. The van der Waals surface area contributed by atoms with Crippen molar-refractivity contribution >= 4 is 42.1 Å². The molecule has 31 heavy (non-hydrogen) atoms. The second-order valence-electron chi connectivity index (χ2n) is 8.50. The van der Waals surface area contributed by atoms with Crippen LogP contribution in [0.3, 0.4) is 0 Å². The van der Waals surface area contributed by atoms with Crippen LogP contribution < -0.4 is 9.21 Å². The molecule has 2 fully saturated rings. The molecule has 1 atom stereocenters. The van der Waals surface area contributed by atoms with Crippen LogP contribution in [0.15, 0.2) is 53.4 Å². The number of rotatable bonds is 6. The molecule has 7 heteroatoms. The lowest BCUT2D eigenvalue weighted by molar-refractivity contribution is 0.122. The van der Waals surface area contributed by atoms with Crippen LogP contribution in [0.5, 0.6) is 0 Å². The SMILES string of the molecule is Cc1c(N(C(C)C2CC2)S(=O)(=O)c2ccc(N3CCOCC3)cc2)sc2ccccc12. The van der Waals surface area contributed by atoms with Crippen molar-refractivity contribution in [2.24, 2.45) is 5.92 Å². The average molecular weight is 457 g/mol. The van der Waals surface area contributed by atoms with Gasteiger partial charge in [0.15, 0.2) is 0 Å². The summed E-state index contributed by atoms with van der Waals surface area (Å²) in [6, 6.07) is 15.5. The molecule has 164 valence electrons. The molecule has 1 aromatic heterocycles. The van der Waals surface area contributed by atoms with E-state index in [4.69, 9.17) is 4.74 Å². The third kappa shape index (κ3) is 3.83. The number of nitrogens with zero attached hydrogens (tertiary/aromatic N) is 2. The molecule has 2 heterocycles. The van der Waals surface area contributed by atoms with Crippen LogP contribution in [0.1, 0.15) is 25.3 Å². The molecule has 0 amide bonds. The van der Waals surface area contributed by atoms with Crippen LogP contribution in [0, 0.1) is 12.8 Å². The Morgan fingerprint density at radius 2 is 1.74 bits per heavy atom. The van der Waals surface area contributed by atoms with Crippen molar-refractivity contribution in [3.05, 3.63) is 54.1 Å². The van der Waals surface area contributed by atoms with Crippen LogP contribution in [0.25, 0.3) is 10.1 Å². The molecule has 0 spiro atoms. The molecule has 1 saturated carbocycles. The van der Waals surface area contributed by atoms with Gasteiger partial charge in [-0.3, -0.25) is 4.31 Å². The molecule has 2 aliphatic rings. The third-order valence-corrected chi connectivity index (χ3v) is 9.75. The Morgan fingerprint density at radius 1 is 1.06 bits per heavy atom. The predicted molar refractivity (Wildman–Crippen MR) is 128 cm³/mol. The lowest BCUT2D eigenvalue weighted by atomic mass is 10.1. The monoisotopic (exact) mass is 456 g/mol. The van der Waals surface area contributed by atoms with E-state index in [-0.39, 0.29) is 6.04 Å². The van der Waals surface area contributed by atoms with Gasteiger partial charge in [0.1, 0.15) is 5.00 Å². The summed E-state index contributed by atoms with van der Waals surface area (Å²) >= 11 is 1.58. The zero-order chi connectivity index (χ0) is 21.6. The second kappa shape index (κ2) is 8.11. The third-order valence-electron chi connectivity index (χ3n) is 6.46. The number of fused-ring (bicyclic) bond motifs is 1. The summed E-state index contributed by atoms with van der Waals surface area (Å²) in [4.78, 5) is 2.59. The normalized spacial score (nSPS) is 18.3. The van der Waals surface area contributed by atoms with E-state index in [1.54, 1.807) is 27.8 Å². The Kier molecular flexibility index (Phi) is 5.44. The molecule has 3 aromatic rings. The number of sulfonamides is 1. The highest BCUT2D eigenvalue weighted by Gasteiger charge is 2.40. The van der Waals surface area contributed by atoms with Gasteiger partial charge in [-0.25, -0.2) is 8.42 Å². The molecule has 0 radical (unpaired) electrons. The molecular formula is C24H28N2O3S2. The van der Waals surface area contributed by atoms with Crippen molar-refractivity contribution in [3.8, 4) is 0 Å². The van der Waals surface area contributed by atoms with Crippen LogP contribution >= 0.6 is 11.3 Å². The van der Waals surface area contributed by atoms with E-state index >= 15 is 0 Å². The Labute approximate surface area is 188 Å². The smallest absolute Gasteiger partial charge is 0.265 e.